The van der Waals surface area contributed by atoms with Crippen LogP contribution >= 0.6 is 0 Å². The summed E-state index contributed by atoms with van der Waals surface area (Å²) >= 11 is 0. The molecule has 0 aromatic heterocycles. The first kappa shape index (κ1) is 33.2. The quantitative estimate of drug-likeness (QED) is 0.150. The van der Waals surface area contributed by atoms with E-state index in [4.69, 9.17) is 0 Å². The van der Waals surface area contributed by atoms with Gasteiger partial charge in [-0.25, -0.2) is 0 Å². The second-order valence-electron chi connectivity index (χ2n) is 15.4. The zero-order valence-corrected chi connectivity index (χ0v) is 30.4. The van der Waals surface area contributed by atoms with Gasteiger partial charge in [-0.3, -0.25) is 0 Å². The van der Waals surface area contributed by atoms with Crippen molar-refractivity contribution in [3.63, 3.8) is 0 Å². The molecule has 5 rings (SSSR count). The molecule has 4 aromatic rings. The molecule has 0 unspecified atom stereocenters. The summed E-state index contributed by atoms with van der Waals surface area (Å²) < 4.78 is 0. The Hall–Kier alpha value is -3.12. The fourth-order valence-electron chi connectivity index (χ4n) is 7.90. The summed E-state index contributed by atoms with van der Waals surface area (Å²) in [5.41, 5.74) is 16.8. The molecule has 1 aliphatic carbocycles. The molecule has 0 atom stereocenters. The van der Waals surface area contributed by atoms with Crippen molar-refractivity contribution in [1.29, 1.82) is 0 Å². The molecule has 0 heteroatoms. The molecule has 0 fully saturated rings. The first-order valence-electron chi connectivity index (χ1n) is 17.8. The van der Waals surface area contributed by atoms with Gasteiger partial charge in [0.15, 0.2) is 0 Å². The van der Waals surface area contributed by atoms with E-state index in [0.29, 0.717) is 11.8 Å². The lowest BCUT2D eigenvalue weighted by molar-refractivity contribution is 0.437. The SMILES string of the molecule is CCC(C)(CC)c1ccc2c(c1)C(c1cc(C)cc(C(C)C)c1)(c1cc(C)cc(C(C)C)c1)c1cc(C(C)(CC)CC)ccc1-2. The molecular formula is C45H58. The Balaban J connectivity index is 2.03. The highest BCUT2D eigenvalue weighted by atomic mass is 14.5. The average molecular weight is 599 g/mol. The van der Waals surface area contributed by atoms with E-state index in [0.717, 1.165) is 25.7 Å². The fourth-order valence-corrected chi connectivity index (χ4v) is 7.90. The molecular weight excluding hydrogens is 540 g/mol. The predicted molar refractivity (Wildman–Crippen MR) is 197 cm³/mol. The second kappa shape index (κ2) is 12.2. The van der Waals surface area contributed by atoms with Crippen molar-refractivity contribution in [2.24, 2.45) is 0 Å². The van der Waals surface area contributed by atoms with Crippen LogP contribution in [0.15, 0.2) is 72.8 Å². The highest BCUT2D eigenvalue weighted by Crippen LogP contribution is 2.58. The molecule has 45 heavy (non-hydrogen) atoms. The Morgan fingerprint density at radius 2 is 0.867 bits per heavy atom. The molecule has 0 spiro atoms. The number of hydrogen-bond acceptors (Lipinski definition) is 0. The van der Waals surface area contributed by atoms with Crippen molar-refractivity contribution in [3.8, 4) is 11.1 Å². The number of fused-ring (bicyclic) bond motifs is 3. The maximum atomic E-state index is 2.62. The lowest BCUT2D eigenvalue weighted by atomic mass is 9.64. The number of benzene rings is 4. The minimum Gasteiger partial charge on any atom is -0.0645 e. The molecule has 238 valence electrons. The Kier molecular flexibility index (Phi) is 9.04. The van der Waals surface area contributed by atoms with E-state index >= 15 is 0 Å². The fraction of sp³-hybridized carbons (Fsp3) is 0.467. The maximum Gasteiger partial charge on any atom is 0.0714 e. The molecule has 0 amide bonds. The third-order valence-corrected chi connectivity index (χ3v) is 12.1. The van der Waals surface area contributed by atoms with E-state index < -0.39 is 5.41 Å². The molecule has 0 nitrogen and oxygen atoms in total. The van der Waals surface area contributed by atoms with Gasteiger partial charge in [-0.1, -0.05) is 153 Å². The van der Waals surface area contributed by atoms with Gasteiger partial charge < -0.3 is 0 Å². The van der Waals surface area contributed by atoms with Gasteiger partial charge in [0.1, 0.15) is 0 Å². The van der Waals surface area contributed by atoms with Crippen LogP contribution in [0.1, 0.15) is 162 Å². The van der Waals surface area contributed by atoms with E-state index in [2.05, 4.69) is 156 Å². The summed E-state index contributed by atoms with van der Waals surface area (Å²) in [5.74, 6) is 0.906. The Morgan fingerprint density at radius 1 is 0.511 bits per heavy atom. The van der Waals surface area contributed by atoms with Crippen molar-refractivity contribution in [2.45, 2.75) is 137 Å². The molecule has 0 saturated heterocycles. The topological polar surface area (TPSA) is 0 Å². The van der Waals surface area contributed by atoms with Crippen LogP contribution in [0.2, 0.25) is 0 Å². The van der Waals surface area contributed by atoms with Gasteiger partial charge >= 0.3 is 0 Å². The summed E-state index contributed by atoms with van der Waals surface area (Å²) in [5, 5.41) is 0. The summed E-state index contributed by atoms with van der Waals surface area (Å²) in [6, 6.07) is 29.9. The monoisotopic (exact) mass is 598 g/mol. The van der Waals surface area contributed by atoms with E-state index in [1.165, 1.54) is 66.8 Å². The van der Waals surface area contributed by atoms with Crippen molar-refractivity contribution in [1.82, 2.24) is 0 Å². The van der Waals surface area contributed by atoms with Crippen molar-refractivity contribution in [2.75, 3.05) is 0 Å². The van der Waals surface area contributed by atoms with Gasteiger partial charge in [-0.15, -0.1) is 0 Å². The van der Waals surface area contributed by atoms with Crippen LogP contribution in [0.25, 0.3) is 11.1 Å². The normalized spacial score (nSPS) is 14.3. The van der Waals surface area contributed by atoms with Crippen LogP contribution in [0.5, 0.6) is 0 Å². The smallest absolute Gasteiger partial charge is 0.0645 e. The lowest BCUT2D eigenvalue weighted by Gasteiger charge is -2.38. The molecule has 0 N–H and O–H groups in total. The number of rotatable bonds is 10. The minimum atomic E-state index is -0.410. The van der Waals surface area contributed by atoms with Crippen LogP contribution in [0.4, 0.5) is 0 Å². The van der Waals surface area contributed by atoms with Gasteiger partial charge in [0.05, 0.1) is 5.41 Å². The van der Waals surface area contributed by atoms with E-state index in [1.54, 1.807) is 0 Å². The lowest BCUT2D eigenvalue weighted by Crippen LogP contribution is -2.31. The molecule has 0 aliphatic heterocycles. The highest BCUT2D eigenvalue weighted by molar-refractivity contribution is 5.87. The van der Waals surface area contributed by atoms with Crippen molar-refractivity contribution in [3.05, 3.63) is 128 Å². The molecule has 4 aromatic carbocycles. The van der Waals surface area contributed by atoms with Crippen LogP contribution in [-0.4, -0.2) is 0 Å². The van der Waals surface area contributed by atoms with Gasteiger partial charge in [0.2, 0.25) is 0 Å². The van der Waals surface area contributed by atoms with Gasteiger partial charge in [-0.2, -0.15) is 0 Å². The number of aryl methyl sites for hydroxylation is 2. The van der Waals surface area contributed by atoms with Crippen LogP contribution in [0.3, 0.4) is 0 Å². The highest BCUT2D eigenvalue weighted by Gasteiger charge is 2.48. The minimum absolute atomic E-state index is 0.134. The van der Waals surface area contributed by atoms with E-state index in [1.807, 2.05) is 0 Å². The number of hydrogen-bond donors (Lipinski definition) is 0. The van der Waals surface area contributed by atoms with Gasteiger partial charge in [0, 0.05) is 0 Å². The van der Waals surface area contributed by atoms with Crippen molar-refractivity contribution >= 4 is 0 Å². The summed E-state index contributed by atoms with van der Waals surface area (Å²) in [7, 11) is 0. The summed E-state index contributed by atoms with van der Waals surface area (Å²) in [6.07, 6.45) is 4.51. The largest absolute Gasteiger partial charge is 0.0714 e. The first-order valence-corrected chi connectivity index (χ1v) is 17.8. The zero-order chi connectivity index (χ0) is 32.9. The summed E-state index contributed by atoms with van der Waals surface area (Å²) in [6.45, 7) is 28.3. The standard InChI is InChI=1S/C45H58/c1-13-43(11,14-2)35-17-19-39-40-20-18-36(44(12,15-3)16-4)28-42(40)45(41(39)27-35,37-23-31(9)21-33(25-37)29(5)6)38-24-32(10)22-34(26-38)30(7)8/h17-30H,13-16H2,1-12H3. The van der Waals surface area contributed by atoms with Crippen LogP contribution in [0, 0.1) is 13.8 Å². The molecule has 0 saturated carbocycles. The van der Waals surface area contributed by atoms with Crippen LogP contribution < -0.4 is 0 Å². The average Bonchev–Trinajstić information content (AvgIpc) is 3.33. The Morgan fingerprint density at radius 3 is 1.18 bits per heavy atom. The third kappa shape index (κ3) is 5.41. The zero-order valence-electron chi connectivity index (χ0n) is 30.4. The predicted octanol–water partition coefficient (Wildman–Crippen LogP) is 13.1. The summed E-state index contributed by atoms with van der Waals surface area (Å²) in [4.78, 5) is 0. The molecule has 0 bridgehead atoms. The first-order chi connectivity index (χ1) is 21.3. The maximum absolute atomic E-state index is 2.62. The Bertz CT molecular complexity index is 1560. The van der Waals surface area contributed by atoms with Crippen molar-refractivity contribution < 1.29 is 0 Å². The van der Waals surface area contributed by atoms with E-state index in [9.17, 15) is 0 Å². The molecule has 0 radical (unpaired) electrons. The Labute approximate surface area is 275 Å². The van der Waals surface area contributed by atoms with E-state index in [-0.39, 0.29) is 10.8 Å². The third-order valence-electron chi connectivity index (χ3n) is 12.1. The second-order valence-corrected chi connectivity index (χ2v) is 15.4. The van der Waals surface area contributed by atoms with Crippen LogP contribution in [-0.2, 0) is 16.2 Å². The molecule has 1 aliphatic rings. The van der Waals surface area contributed by atoms with Gasteiger partial charge in [0.25, 0.3) is 0 Å². The van der Waals surface area contributed by atoms with Gasteiger partial charge in [-0.05, 0) is 118 Å². The molecule has 0 heterocycles.